The Morgan fingerprint density at radius 1 is 1.24 bits per heavy atom. The molecule has 0 bridgehead atoms. The van der Waals surface area contributed by atoms with E-state index in [1.807, 2.05) is 33.8 Å². The van der Waals surface area contributed by atoms with Crippen LogP contribution in [0, 0.1) is 17.8 Å². The van der Waals surface area contributed by atoms with Crippen LogP contribution in [0.2, 0.25) is 0 Å². The van der Waals surface area contributed by atoms with Crippen LogP contribution < -0.4 is 5.32 Å². The molecule has 4 nitrogen and oxygen atoms in total. The van der Waals surface area contributed by atoms with E-state index in [1.54, 1.807) is 0 Å². The van der Waals surface area contributed by atoms with Gasteiger partial charge in [-0.3, -0.25) is 0 Å². The molecule has 3 atom stereocenters. The summed E-state index contributed by atoms with van der Waals surface area (Å²) in [6, 6.07) is -0.369. The number of rotatable bonds is 7. The minimum atomic E-state index is -0.944. The predicted molar refractivity (Wildman–Crippen MR) is 103 cm³/mol. The van der Waals surface area contributed by atoms with Gasteiger partial charge in [0.05, 0.1) is 11.6 Å². The second-order valence-corrected chi connectivity index (χ2v) is 9.04. The number of aliphatic hydroxyl groups is 1. The van der Waals surface area contributed by atoms with Gasteiger partial charge >= 0.3 is 6.09 Å². The molecular weight excluding hydrogens is 314 g/mol. The highest BCUT2D eigenvalue weighted by Gasteiger charge is 2.44. The molecule has 0 aliphatic heterocycles. The maximum Gasteiger partial charge on any atom is 0.407 e. The maximum atomic E-state index is 12.2. The molecule has 1 rings (SSSR count). The Balaban J connectivity index is 2.95. The molecule has 1 saturated carbocycles. The third-order valence-electron chi connectivity index (χ3n) is 5.52. The number of alkyl carbamates (subject to hydrolysis) is 1. The zero-order valence-corrected chi connectivity index (χ0v) is 17.1. The molecule has 146 valence electrons. The quantitative estimate of drug-likeness (QED) is 0.629. The second-order valence-electron chi connectivity index (χ2n) is 9.04. The zero-order chi connectivity index (χ0) is 19.3. The predicted octanol–water partition coefficient (Wildman–Crippen LogP) is 5.06. The molecule has 0 aromatic rings. The van der Waals surface area contributed by atoms with Crippen molar-refractivity contribution < 1.29 is 14.6 Å². The Hall–Kier alpha value is -1.03. The highest BCUT2D eigenvalue weighted by Crippen LogP contribution is 2.40. The summed E-state index contributed by atoms with van der Waals surface area (Å²) in [4.78, 5) is 12.2. The zero-order valence-electron chi connectivity index (χ0n) is 17.1. The third-order valence-corrected chi connectivity index (χ3v) is 5.52. The summed E-state index contributed by atoms with van der Waals surface area (Å²) in [6.07, 6.45) is 7.65. The van der Waals surface area contributed by atoms with Crippen molar-refractivity contribution in [3.05, 3.63) is 12.7 Å². The van der Waals surface area contributed by atoms with Crippen molar-refractivity contribution in [1.29, 1.82) is 0 Å². The number of ether oxygens (including phenoxy) is 1. The van der Waals surface area contributed by atoms with E-state index in [9.17, 15) is 9.90 Å². The first-order chi connectivity index (χ1) is 11.5. The van der Waals surface area contributed by atoms with Crippen molar-refractivity contribution >= 4 is 6.09 Å². The topological polar surface area (TPSA) is 58.6 Å². The van der Waals surface area contributed by atoms with E-state index in [0.717, 1.165) is 25.7 Å². The molecule has 1 aliphatic rings. The van der Waals surface area contributed by atoms with Gasteiger partial charge in [0.1, 0.15) is 5.60 Å². The van der Waals surface area contributed by atoms with Crippen molar-refractivity contribution in [3.8, 4) is 0 Å². The summed E-state index contributed by atoms with van der Waals surface area (Å²) in [6.45, 7) is 15.7. The number of carbonyl (C=O) groups excluding carboxylic acids is 1. The van der Waals surface area contributed by atoms with Gasteiger partial charge in [-0.15, -0.1) is 6.58 Å². The van der Waals surface area contributed by atoms with Gasteiger partial charge in [0.15, 0.2) is 0 Å². The van der Waals surface area contributed by atoms with Gasteiger partial charge in [-0.1, -0.05) is 39.2 Å². The molecule has 0 spiro atoms. The third kappa shape index (κ3) is 6.65. The number of hydrogen-bond acceptors (Lipinski definition) is 3. The van der Waals surface area contributed by atoms with Crippen molar-refractivity contribution in [1.82, 2.24) is 5.32 Å². The van der Waals surface area contributed by atoms with E-state index < -0.39 is 17.3 Å². The first-order valence-corrected chi connectivity index (χ1v) is 9.84. The van der Waals surface area contributed by atoms with Crippen LogP contribution in [0.15, 0.2) is 12.7 Å². The van der Waals surface area contributed by atoms with Crippen LogP contribution in [0.1, 0.15) is 80.1 Å². The van der Waals surface area contributed by atoms with Crippen LogP contribution in [-0.4, -0.2) is 28.4 Å². The molecule has 0 heterocycles. The molecule has 1 fully saturated rings. The normalized spacial score (nSPS) is 21.3. The Labute approximate surface area is 154 Å². The number of allylic oxidation sites excluding steroid dienone is 1. The van der Waals surface area contributed by atoms with Gasteiger partial charge in [0, 0.05) is 0 Å². The van der Waals surface area contributed by atoms with Crippen molar-refractivity contribution in [2.75, 3.05) is 0 Å². The SMILES string of the molecule is C=C[C@H](C[C@](O)(C1CCCCC1)[C@H](C)NC(=O)OC(C)(C)C)C(C)C. The molecule has 1 aliphatic carbocycles. The minimum Gasteiger partial charge on any atom is -0.444 e. The summed E-state index contributed by atoms with van der Waals surface area (Å²) < 4.78 is 5.39. The summed E-state index contributed by atoms with van der Waals surface area (Å²) >= 11 is 0. The molecular formula is C21H39NO3. The van der Waals surface area contributed by atoms with Gasteiger partial charge in [-0.05, 0) is 64.7 Å². The Kier molecular flexibility index (Phi) is 7.98. The Morgan fingerprint density at radius 2 is 1.80 bits per heavy atom. The lowest BCUT2D eigenvalue weighted by molar-refractivity contribution is -0.0765. The molecule has 2 N–H and O–H groups in total. The summed E-state index contributed by atoms with van der Waals surface area (Å²) in [5, 5.41) is 14.6. The van der Waals surface area contributed by atoms with Crippen LogP contribution in [-0.2, 0) is 4.74 Å². The average Bonchev–Trinajstić information content (AvgIpc) is 2.50. The molecule has 0 radical (unpaired) electrons. The molecule has 0 aromatic carbocycles. The molecule has 0 saturated heterocycles. The largest absolute Gasteiger partial charge is 0.444 e. The van der Waals surface area contributed by atoms with Crippen LogP contribution in [0.3, 0.4) is 0 Å². The number of amides is 1. The van der Waals surface area contributed by atoms with E-state index in [4.69, 9.17) is 4.74 Å². The standard InChI is InChI=1S/C21H39NO3/c1-8-17(15(2)3)14-21(24,18-12-10-9-11-13-18)16(4)22-19(23)25-20(5,6)7/h8,15-18,24H,1,9-14H2,2-7H3,(H,22,23)/t16-,17+,21+/m0/s1. The smallest absolute Gasteiger partial charge is 0.407 e. The molecule has 0 aromatic heterocycles. The molecule has 0 unspecified atom stereocenters. The second kappa shape index (κ2) is 9.07. The summed E-state index contributed by atoms with van der Waals surface area (Å²) in [7, 11) is 0. The molecule has 1 amide bonds. The first-order valence-electron chi connectivity index (χ1n) is 9.84. The monoisotopic (exact) mass is 353 g/mol. The van der Waals surface area contributed by atoms with Crippen LogP contribution in [0.5, 0.6) is 0 Å². The summed E-state index contributed by atoms with van der Waals surface area (Å²) in [5.74, 6) is 0.823. The van der Waals surface area contributed by atoms with E-state index in [0.29, 0.717) is 12.3 Å². The fourth-order valence-corrected chi connectivity index (χ4v) is 3.88. The van der Waals surface area contributed by atoms with E-state index in [2.05, 4.69) is 25.7 Å². The lowest BCUT2D eigenvalue weighted by atomic mass is 9.68. The minimum absolute atomic E-state index is 0.201. The van der Waals surface area contributed by atoms with E-state index in [-0.39, 0.29) is 17.9 Å². The number of carbonyl (C=O) groups is 1. The van der Waals surface area contributed by atoms with Gasteiger partial charge in [-0.25, -0.2) is 4.79 Å². The maximum absolute atomic E-state index is 12.2. The van der Waals surface area contributed by atoms with E-state index >= 15 is 0 Å². The van der Waals surface area contributed by atoms with Crippen molar-refractivity contribution in [2.45, 2.75) is 97.3 Å². The lowest BCUT2D eigenvalue weighted by Crippen LogP contribution is -2.57. The highest BCUT2D eigenvalue weighted by molar-refractivity contribution is 5.68. The van der Waals surface area contributed by atoms with Crippen LogP contribution in [0.25, 0.3) is 0 Å². The van der Waals surface area contributed by atoms with Crippen molar-refractivity contribution in [2.24, 2.45) is 17.8 Å². The van der Waals surface area contributed by atoms with Gasteiger partial charge in [-0.2, -0.15) is 0 Å². The van der Waals surface area contributed by atoms with Crippen molar-refractivity contribution in [3.63, 3.8) is 0 Å². The van der Waals surface area contributed by atoms with E-state index in [1.165, 1.54) is 6.42 Å². The fourth-order valence-electron chi connectivity index (χ4n) is 3.88. The van der Waals surface area contributed by atoms with Gasteiger partial charge < -0.3 is 15.2 Å². The first kappa shape index (κ1) is 22.0. The highest BCUT2D eigenvalue weighted by atomic mass is 16.6. The molecule has 4 heteroatoms. The number of hydrogen-bond donors (Lipinski definition) is 2. The average molecular weight is 354 g/mol. The molecule has 25 heavy (non-hydrogen) atoms. The Morgan fingerprint density at radius 3 is 2.24 bits per heavy atom. The van der Waals surface area contributed by atoms with Gasteiger partial charge in [0.2, 0.25) is 0 Å². The van der Waals surface area contributed by atoms with Gasteiger partial charge in [0.25, 0.3) is 0 Å². The lowest BCUT2D eigenvalue weighted by Gasteiger charge is -2.45. The number of nitrogens with one attached hydrogen (secondary N) is 1. The summed E-state index contributed by atoms with van der Waals surface area (Å²) in [5.41, 5.74) is -1.49. The van der Waals surface area contributed by atoms with Crippen LogP contribution >= 0.6 is 0 Å². The Bertz CT molecular complexity index is 435. The van der Waals surface area contributed by atoms with Crippen LogP contribution in [0.4, 0.5) is 4.79 Å². The fraction of sp³-hybridized carbons (Fsp3) is 0.857.